The summed E-state index contributed by atoms with van der Waals surface area (Å²) >= 11 is 0. The molecular formula is C23H23NO2. The molecule has 1 atom stereocenters. The number of hydrogen-bond donors (Lipinski definition) is 0. The largest absolute Gasteiger partial charge is 0.462 e. The van der Waals surface area contributed by atoms with Gasteiger partial charge in [-0.05, 0) is 56.0 Å². The summed E-state index contributed by atoms with van der Waals surface area (Å²) in [5.74, 6) is -0.263. The predicted octanol–water partition coefficient (Wildman–Crippen LogP) is 5.77. The molecule has 0 spiro atoms. The number of hydrogen-bond acceptors (Lipinski definition) is 2. The number of allylic oxidation sites excluding steroid dienone is 2. The molecule has 0 fully saturated rings. The normalized spacial score (nSPS) is 16.7. The summed E-state index contributed by atoms with van der Waals surface area (Å²) in [7, 11) is 0. The summed E-state index contributed by atoms with van der Waals surface area (Å²) in [6.07, 6.45) is 8.09. The molecule has 0 radical (unpaired) electrons. The molecule has 3 nitrogen and oxygen atoms in total. The smallest absolute Gasteiger partial charge is 0.338 e. The third kappa shape index (κ3) is 3.05. The Hall–Kier alpha value is -2.81. The number of ether oxygens (including phenoxy) is 1. The number of benzene rings is 2. The number of nitrogens with zero attached hydrogens (tertiary/aromatic N) is 1. The zero-order valence-electron chi connectivity index (χ0n) is 15.0. The van der Waals surface area contributed by atoms with Gasteiger partial charge < -0.3 is 9.30 Å². The zero-order chi connectivity index (χ0) is 17.9. The lowest BCUT2D eigenvalue weighted by atomic mass is 10.0. The maximum Gasteiger partial charge on any atom is 0.338 e. The Bertz CT molecular complexity index is 953. The first-order chi connectivity index (χ1) is 12.8. The van der Waals surface area contributed by atoms with E-state index in [1.165, 1.54) is 17.7 Å². The summed E-state index contributed by atoms with van der Waals surface area (Å²) in [4.78, 5) is 12.1. The standard InChI is InChI=1S/C23H23NO2/c1-2-26-23(25)18-13-14-21-19(15-18)16-22(17-9-5-3-6-10-17)24(21)20-11-7-4-8-12-20/h3,5-7,9-11,13-16,20H,2,4,8,12H2,1H3. The summed E-state index contributed by atoms with van der Waals surface area (Å²) < 4.78 is 7.57. The van der Waals surface area contributed by atoms with Crippen molar-refractivity contribution in [1.82, 2.24) is 4.57 Å². The fraction of sp³-hybridized carbons (Fsp3) is 0.261. The van der Waals surface area contributed by atoms with Crippen molar-refractivity contribution in [3.05, 3.63) is 72.3 Å². The topological polar surface area (TPSA) is 31.2 Å². The molecule has 132 valence electrons. The molecule has 0 N–H and O–H groups in total. The second kappa shape index (κ2) is 7.20. The number of carbonyl (C=O) groups is 1. The van der Waals surface area contributed by atoms with E-state index in [4.69, 9.17) is 4.74 Å². The minimum Gasteiger partial charge on any atom is -0.462 e. The van der Waals surface area contributed by atoms with Gasteiger partial charge in [0.15, 0.2) is 0 Å². The molecule has 0 amide bonds. The molecule has 1 aliphatic carbocycles. The molecular weight excluding hydrogens is 322 g/mol. The van der Waals surface area contributed by atoms with Gasteiger partial charge in [0.05, 0.1) is 18.2 Å². The highest BCUT2D eigenvalue weighted by atomic mass is 16.5. The van der Waals surface area contributed by atoms with Gasteiger partial charge in [-0.3, -0.25) is 0 Å². The Kier molecular flexibility index (Phi) is 4.61. The van der Waals surface area contributed by atoms with Crippen molar-refractivity contribution in [2.45, 2.75) is 32.2 Å². The van der Waals surface area contributed by atoms with E-state index in [0.717, 1.165) is 23.7 Å². The second-order valence-electron chi connectivity index (χ2n) is 6.69. The molecule has 0 saturated heterocycles. The lowest BCUT2D eigenvalue weighted by Gasteiger charge is -2.22. The van der Waals surface area contributed by atoms with E-state index in [1.54, 1.807) is 0 Å². The average Bonchev–Trinajstić information content (AvgIpc) is 3.08. The highest BCUT2D eigenvalue weighted by Gasteiger charge is 2.19. The van der Waals surface area contributed by atoms with Crippen molar-refractivity contribution in [2.24, 2.45) is 0 Å². The number of aromatic nitrogens is 1. The number of fused-ring (bicyclic) bond motifs is 1. The van der Waals surface area contributed by atoms with Gasteiger partial charge in [-0.25, -0.2) is 4.79 Å². The first kappa shape index (κ1) is 16.6. The predicted molar refractivity (Wildman–Crippen MR) is 105 cm³/mol. The number of rotatable bonds is 4. The Balaban J connectivity index is 1.89. The van der Waals surface area contributed by atoms with Gasteiger partial charge >= 0.3 is 5.97 Å². The molecule has 1 heterocycles. The minimum absolute atomic E-state index is 0.263. The van der Waals surface area contributed by atoms with E-state index >= 15 is 0 Å². The summed E-state index contributed by atoms with van der Waals surface area (Å²) in [6, 6.07) is 18.9. The van der Waals surface area contributed by atoms with Gasteiger partial charge in [0.1, 0.15) is 0 Å². The molecule has 26 heavy (non-hydrogen) atoms. The van der Waals surface area contributed by atoms with E-state index in [1.807, 2.05) is 25.1 Å². The van der Waals surface area contributed by atoms with Gasteiger partial charge in [0.25, 0.3) is 0 Å². The molecule has 3 aromatic rings. The van der Waals surface area contributed by atoms with Crippen LogP contribution in [0.5, 0.6) is 0 Å². The second-order valence-corrected chi connectivity index (χ2v) is 6.69. The van der Waals surface area contributed by atoms with E-state index < -0.39 is 0 Å². The van der Waals surface area contributed by atoms with Crippen molar-refractivity contribution in [3.63, 3.8) is 0 Å². The van der Waals surface area contributed by atoms with Crippen molar-refractivity contribution < 1.29 is 9.53 Å². The highest BCUT2D eigenvalue weighted by molar-refractivity contribution is 5.96. The van der Waals surface area contributed by atoms with Crippen LogP contribution in [0.25, 0.3) is 22.2 Å². The Labute approximate surface area is 153 Å². The van der Waals surface area contributed by atoms with Gasteiger partial charge in [0, 0.05) is 16.6 Å². The minimum atomic E-state index is -0.263. The maximum absolute atomic E-state index is 12.1. The molecule has 1 aromatic heterocycles. The van der Waals surface area contributed by atoms with Gasteiger partial charge in [0.2, 0.25) is 0 Å². The van der Waals surface area contributed by atoms with Crippen molar-refractivity contribution >= 4 is 16.9 Å². The SMILES string of the molecule is CCOC(=O)c1ccc2c(c1)cc(-c1ccccc1)n2C1C=CCCC1. The van der Waals surface area contributed by atoms with Crippen molar-refractivity contribution in [1.29, 1.82) is 0 Å². The highest BCUT2D eigenvalue weighted by Crippen LogP contribution is 2.35. The molecule has 3 heteroatoms. The van der Waals surface area contributed by atoms with Gasteiger partial charge in [-0.15, -0.1) is 0 Å². The van der Waals surface area contributed by atoms with Crippen LogP contribution in [-0.2, 0) is 4.74 Å². The fourth-order valence-electron chi connectivity index (χ4n) is 3.78. The van der Waals surface area contributed by atoms with Gasteiger partial charge in [-0.1, -0.05) is 42.5 Å². The van der Waals surface area contributed by atoms with E-state index in [9.17, 15) is 4.79 Å². The molecule has 4 rings (SSSR count). The number of carbonyl (C=O) groups excluding carboxylic acids is 1. The first-order valence-corrected chi connectivity index (χ1v) is 9.32. The molecule has 2 aromatic carbocycles. The van der Waals surface area contributed by atoms with E-state index in [2.05, 4.69) is 53.1 Å². The van der Waals surface area contributed by atoms with Crippen LogP contribution in [0.4, 0.5) is 0 Å². The Morgan fingerprint density at radius 3 is 2.73 bits per heavy atom. The lowest BCUT2D eigenvalue weighted by Crippen LogP contribution is -2.10. The van der Waals surface area contributed by atoms with Crippen molar-refractivity contribution in [2.75, 3.05) is 6.61 Å². The third-order valence-electron chi connectivity index (χ3n) is 4.98. The molecule has 1 unspecified atom stereocenters. The maximum atomic E-state index is 12.1. The molecule has 0 bridgehead atoms. The first-order valence-electron chi connectivity index (χ1n) is 9.32. The fourth-order valence-corrected chi connectivity index (χ4v) is 3.78. The van der Waals surface area contributed by atoms with E-state index in [0.29, 0.717) is 18.2 Å². The van der Waals surface area contributed by atoms with Crippen LogP contribution in [0.15, 0.2) is 66.7 Å². The van der Waals surface area contributed by atoms with Crippen molar-refractivity contribution in [3.8, 4) is 11.3 Å². The van der Waals surface area contributed by atoms with Crippen LogP contribution < -0.4 is 0 Å². The van der Waals surface area contributed by atoms with E-state index in [-0.39, 0.29) is 5.97 Å². The Morgan fingerprint density at radius 1 is 1.15 bits per heavy atom. The van der Waals surface area contributed by atoms with Crippen LogP contribution >= 0.6 is 0 Å². The third-order valence-corrected chi connectivity index (χ3v) is 4.98. The summed E-state index contributed by atoms with van der Waals surface area (Å²) in [5, 5.41) is 1.08. The van der Waals surface area contributed by atoms with Crippen LogP contribution in [0, 0.1) is 0 Å². The van der Waals surface area contributed by atoms with Crippen LogP contribution in [0.2, 0.25) is 0 Å². The Morgan fingerprint density at radius 2 is 2.00 bits per heavy atom. The summed E-state index contributed by atoms with van der Waals surface area (Å²) in [5.41, 5.74) is 4.15. The average molecular weight is 345 g/mol. The molecule has 1 aliphatic rings. The molecule has 0 saturated carbocycles. The zero-order valence-corrected chi connectivity index (χ0v) is 15.0. The monoisotopic (exact) mass is 345 g/mol. The quantitative estimate of drug-likeness (QED) is 0.444. The molecule has 0 aliphatic heterocycles. The van der Waals surface area contributed by atoms with Crippen LogP contribution in [0.1, 0.15) is 42.6 Å². The number of esters is 1. The van der Waals surface area contributed by atoms with Crippen LogP contribution in [0.3, 0.4) is 0 Å². The van der Waals surface area contributed by atoms with Crippen LogP contribution in [-0.4, -0.2) is 17.1 Å². The summed E-state index contributed by atoms with van der Waals surface area (Å²) in [6.45, 7) is 2.22. The van der Waals surface area contributed by atoms with Gasteiger partial charge in [-0.2, -0.15) is 0 Å². The lowest BCUT2D eigenvalue weighted by molar-refractivity contribution is 0.0526.